The predicted molar refractivity (Wildman–Crippen MR) is 101 cm³/mol. The highest BCUT2D eigenvalue weighted by Crippen LogP contribution is 2.26. The monoisotopic (exact) mass is 383 g/mol. The molecule has 26 heavy (non-hydrogen) atoms. The highest BCUT2D eigenvalue weighted by Gasteiger charge is 2.24. The van der Waals surface area contributed by atoms with Gasteiger partial charge in [0.1, 0.15) is 11.5 Å². The largest absolute Gasteiger partial charge is 0.457 e. The smallest absolute Gasteiger partial charge is 0.363 e. The van der Waals surface area contributed by atoms with Crippen molar-refractivity contribution in [1.29, 1.82) is 0 Å². The third-order valence-electron chi connectivity index (χ3n) is 3.75. The van der Waals surface area contributed by atoms with Crippen molar-refractivity contribution in [1.82, 2.24) is 0 Å². The zero-order valence-corrected chi connectivity index (χ0v) is 14.8. The van der Waals surface area contributed by atoms with Crippen molar-refractivity contribution in [2.24, 2.45) is 4.99 Å². The molecule has 6 heteroatoms. The topological polar surface area (TPSA) is 51.8 Å². The number of hydrogen-bond acceptors (Lipinski definition) is 4. The zero-order chi connectivity index (χ0) is 18.1. The number of ether oxygens (including phenoxy) is 1. The molecule has 2 heterocycles. The summed E-state index contributed by atoms with van der Waals surface area (Å²) in [5.74, 6) is 0.881. The molecule has 0 fully saturated rings. The fraction of sp³-hybridized carbons (Fsp3) is 0. The van der Waals surface area contributed by atoms with Crippen molar-refractivity contribution in [2.45, 2.75) is 0 Å². The van der Waals surface area contributed by atoms with Crippen LogP contribution in [0.3, 0.4) is 0 Å². The van der Waals surface area contributed by atoms with Gasteiger partial charge >= 0.3 is 5.97 Å². The van der Waals surface area contributed by atoms with Gasteiger partial charge in [0, 0.05) is 27.2 Å². The molecule has 3 aromatic rings. The molecular formula is C20H11Cl2NO3. The fourth-order valence-corrected chi connectivity index (χ4v) is 2.71. The molecule has 4 rings (SSSR count). The number of carbonyl (C=O) groups excluding carboxylic acids is 1. The fourth-order valence-electron chi connectivity index (χ4n) is 2.46. The van der Waals surface area contributed by atoms with Gasteiger partial charge in [0.05, 0.1) is 0 Å². The molecule has 0 spiro atoms. The number of esters is 1. The first-order valence-corrected chi connectivity index (χ1v) is 8.48. The van der Waals surface area contributed by atoms with E-state index in [2.05, 4.69) is 4.99 Å². The summed E-state index contributed by atoms with van der Waals surface area (Å²) in [6.07, 6.45) is 1.55. The Balaban J connectivity index is 1.61. The van der Waals surface area contributed by atoms with Crippen LogP contribution in [0, 0.1) is 0 Å². The van der Waals surface area contributed by atoms with Crippen molar-refractivity contribution in [3.05, 3.63) is 87.7 Å². The average Bonchev–Trinajstić information content (AvgIpc) is 3.24. The lowest BCUT2D eigenvalue weighted by Gasteiger charge is -1.98. The minimum atomic E-state index is -0.528. The van der Waals surface area contributed by atoms with E-state index < -0.39 is 5.97 Å². The summed E-state index contributed by atoms with van der Waals surface area (Å²) in [5.41, 5.74) is 1.73. The standard InChI is InChI=1S/C20H11Cl2NO3/c21-14-5-1-12(2-6-14)18-10-9-16(25-18)11-17-20(24)26-19(23-17)13-3-7-15(22)8-4-13/h1-11H/b17-11-. The number of furan rings is 1. The van der Waals surface area contributed by atoms with Crippen LogP contribution in [0.25, 0.3) is 17.4 Å². The molecule has 4 nitrogen and oxygen atoms in total. The van der Waals surface area contributed by atoms with Crippen LogP contribution in [0.1, 0.15) is 11.3 Å². The van der Waals surface area contributed by atoms with Gasteiger partial charge in [-0.25, -0.2) is 9.79 Å². The normalized spacial score (nSPS) is 15.2. The quantitative estimate of drug-likeness (QED) is 0.436. The lowest BCUT2D eigenvalue weighted by atomic mass is 10.2. The van der Waals surface area contributed by atoms with Crippen LogP contribution in [-0.4, -0.2) is 11.9 Å². The number of aliphatic imine (C=N–C) groups is 1. The maximum absolute atomic E-state index is 12.1. The number of benzene rings is 2. The summed E-state index contributed by atoms with van der Waals surface area (Å²) in [7, 11) is 0. The molecule has 0 saturated carbocycles. The van der Waals surface area contributed by atoms with Crippen LogP contribution in [0.15, 0.2) is 75.8 Å². The number of nitrogens with zero attached hydrogens (tertiary/aromatic N) is 1. The second kappa shape index (κ2) is 6.83. The number of rotatable bonds is 3. The molecule has 0 unspecified atom stereocenters. The van der Waals surface area contributed by atoms with E-state index >= 15 is 0 Å². The Hall–Kier alpha value is -2.82. The van der Waals surface area contributed by atoms with Gasteiger partial charge in [0.15, 0.2) is 5.70 Å². The Morgan fingerprint density at radius 2 is 1.42 bits per heavy atom. The lowest BCUT2D eigenvalue weighted by Crippen LogP contribution is -2.05. The van der Waals surface area contributed by atoms with Gasteiger partial charge in [-0.1, -0.05) is 23.2 Å². The highest BCUT2D eigenvalue weighted by atomic mass is 35.5. The number of cyclic esters (lactones) is 1. The molecule has 2 aromatic carbocycles. The second-order valence-electron chi connectivity index (χ2n) is 5.55. The molecule has 1 aromatic heterocycles. The van der Waals surface area contributed by atoms with Crippen LogP contribution in [0.2, 0.25) is 10.0 Å². The van der Waals surface area contributed by atoms with E-state index in [0.717, 1.165) is 5.56 Å². The Labute approximate surface area is 159 Å². The molecule has 0 aliphatic carbocycles. The van der Waals surface area contributed by atoms with Crippen molar-refractivity contribution in [3.8, 4) is 11.3 Å². The third-order valence-corrected chi connectivity index (χ3v) is 4.25. The van der Waals surface area contributed by atoms with Gasteiger partial charge in [0.2, 0.25) is 5.90 Å². The minimum absolute atomic E-state index is 0.173. The maximum Gasteiger partial charge on any atom is 0.363 e. The van der Waals surface area contributed by atoms with Crippen molar-refractivity contribution >= 4 is 41.1 Å². The molecule has 1 aliphatic heterocycles. The summed E-state index contributed by atoms with van der Waals surface area (Å²) >= 11 is 11.8. The predicted octanol–water partition coefficient (Wildman–Crippen LogP) is 5.60. The summed E-state index contributed by atoms with van der Waals surface area (Å²) in [6.45, 7) is 0. The Morgan fingerprint density at radius 3 is 2.08 bits per heavy atom. The van der Waals surface area contributed by atoms with Crippen molar-refractivity contribution in [3.63, 3.8) is 0 Å². The van der Waals surface area contributed by atoms with Crippen LogP contribution >= 0.6 is 23.2 Å². The van der Waals surface area contributed by atoms with Crippen molar-refractivity contribution < 1.29 is 13.9 Å². The summed E-state index contributed by atoms with van der Waals surface area (Å²) in [6, 6.07) is 17.8. The molecule has 0 amide bonds. The minimum Gasteiger partial charge on any atom is -0.457 e. The Kier molecular flexibility index (Phi) is 4.37. The SMILES string of the molecule is O=C1OC(c2ccc(Cl)cc2)=N/C1=C\c1ccc(-c2ccc(Cl)cc2)o1. The van der Waals surface area contributed by atoms with E-state index in [1.807, 2.05) is 18.2 Å². The molecule has 0 saturated heterocycles. The first-order chi connectivity index (χ1) is 12.6. The van der Waals surface area contributed by atoms with E-state index in [-0.39, 0.29) is 11.6 Å². The lowest BCUT2D eigenvalue weighted by molar-refractivity contribution is -0.129. The Bertz CT molecular complexity index is 1030. The van der Waals surface area contributed by atoms with Crippen LogP contribution in [0.4, 0.5) is 0 Å². The van der Waals surface area contributed by atoms with E-state index in [1.165, 1.54) is 0 Å². The van der Waals surface area contributed by atoms with Gasteiger partial charge in [-0.15, -0.1) is 0 Å². The van der Waals surface area contributed by atoms with Gasteiger partial charge < -0.3 is 9.15 Å². The van der Waals surface area contributed by atoms with Gasteiger partial charge in [-0.2, -0.15) is 0 Å². The summed E-state index contributed by atoms with van der Waals surface area (Å²) in [5, 5.41) is 1.25. The van der Waals surface area contributed by atoms with Gasteiger partial charge in [-0.05, 0) is 60.7 Å². The highest BCUT2D eigenvalue weighted by molar-refractivity contribution is 6.31. The number of hydrogen-bond donors (Lipinski definition) is 0. The third kappa shape index (κ3) is 3.43. The molecule has 0 radical (unpaired) electrons. The van der Waals surface area contributed by atoms with E-state index in [0.29, 0.717) is 27.1 Å². The van der Waals surface area contributed by atoms with Crippen LogP contribution < -0.4 is 0 Å². The molecule has 128 valence electrons. The van der Waals surface area contributed by atoms with E-state index in [4.69, 9.17) is 32.4 Å². The molecule has 0 N–H and O–H groups in total. The van der Waals surface area contributed by atoms with Gasteiger partial charge in [-0.3, -0.25) is 0 Å². The van der Waals surface area contributed by atoms with Crippen LogP contribution in [-0.2, 0) is 9.53 Å². The Morgan fingerprint density at radius 1 is 0.808 bits per heavy atom. The van der Waals surface area contributed by atoms with Crippen LogP contribution in [0.5, 0.6) is 0 Å². The zero-order valence-electron chi connectivity index (χ0n) is 13.3. The maximum atomic E-state index is 12.1. The van der Waals surface area contributed by atoms with Crippen molar-refractivity contribution in [2.75, 3.05) is 0 Å². The summed E-state index contributed by atoms with van der Waals surface area (Å²) < 4.78 is 11.0. The number of halogens is 2. The van der Waals surface area contributed by atoms with E-state index in [9.17, 15) is 4.79 Å². The molecule has 0 atom stereocenters. The molecule has 0 bridgehead atoms. The molecule has 1 aliphatic rings. The van der Waals surface area contributed by atoms with E-state index in [1.54, 1.807) is 48.5 Å². The summed E-state index contributed by atoms with van der Waals surface area (Å²) in [4.78, 5) is 16.3. The second-order valence-corrected chi connectivity index (χ2v) is 6.42. The number of carbonyl (C=O) groups is 1. The first kappa shape index (κ1) is 16.6. The average molecular weight is 384 g/mol. The van der Waals surface area contributed by atoms with Gasteiger partial charge in [0.25, 0.3) is 0 Å². The molecular weight excluding hydrogens is 373 g/mol. The first-order valence-electron chi connectivity index (χ1n) is 7.73.